The molecule has 0 bridgehead atoms. The van der Waals surface area contributed by atoms with E-state index in [2.05, 4.69) is 19.9 Å². The predicted octanol–water partition coefficient (Wildman–Crippen LogP) is 3.43. The number of likely N-dealkylation sites (tertiary alicyclic amines) is 1. The molecule has 0 saturated carbocycles. The largest absolute Gasteiger partial charge is 0.309 e. The standard InChI is InChI=1S/C19H18ClFN4O/c20-13-4-5-15-14(11-13)18(26)24-17(23-15)12-25-9-6-19(21,7-10-25)16-3-1-2-8-22-16/h1-5,8,11H,6-7,9-10,12H2,(H,23,24,26). The van der Waals surface area contributed by atoms with Gasteiger partial charge in [0, 0.05) is 24.3 Å². The molecule has 1 N–H and O–H groups in total. The third-order valence-corrected chi connectivity index (χ3v) is 5.10. The number of aromatic nitrogens is 3. The Hall–Kier alpha value is -2.31. The number of alkyl halides is 1. The highest BCUT2D eigenvalue weighted by molar-refractivity contribution is 6.31. The molecule has 0 unspecified atom stereocenters. The second-order valence-corrected chi connectivity index (χ2v) is 7.07. The Morgan fingerprint density at radius 2 is 2.04 bits per heavy atom. The molecule has 1 fully saturated rings. The van der Waals surface area contributed by atoms with E-state index in [-0.39, 0.29) is 5.56 Å². The van der Waals surface area contributed by atoms with Crippen molar-refractivity contribution < 1.29 is 4.39 Å². The number of fused-ring (bicyclic) bond motifs is 1. The number of nitrogens with one attached hydrogen (secondary N) is 1. The van der Waals surface area contributed by atoms with Gasteiger partial charge in [-0.1, -0.05) is 17.7 Å². The zero-order chi connectivity index (χ0) is 18.1. The molecule has 3 heterocycles. The van der Waals surface area contributed by atoms with E-state index in [0.717, 1.165) is 0 Å². The summed E-state index contributed by atoms with van der Waals surface area (Å²) < 4.78 is 15.2. The van der Waals surface area contributed by atoms with Gasteiger partial charge < -0.3 is 4.98 Å². The topological polar surface area (TPSA) is 61.9 Å². The van der Waals surface area contributed by atoms with Gasteiger partial charge in [-0.05, 0) is 43.2 Å². The minimum Gasteiger partial charge on any atom is -0.309 e. The van der Waals surface area contributed by atoms with Crippen molar-refractivity contribution in [3.63, 3.8) is 0 Å². The monoisotopic (exact) mass is 372 g/mol. The van der Waals surface area contributed by atoms with Crippen molar-refractivity contribution in [2.24, 2.45) is 0 Å². The molecule has 0 amide bonds. The summed E-state index contributed by atoms with van der Waals surface area (Å²) in [6.45, 7) is 1.64. The normalized spacial score (nSPS) is 17.5. The van der Waals surface area contributed by atoms with Crippen LogP contribution in [0.25, 0.3) is 10.9 Å². The molecular formula is C19H18ClFN4O. The van der Waals surface area contributed by atoms with Crippen molar-refractivity contribution >= 4 is 22.5 Å². The van der Waals surface area contributed by atoms with Gasteiger partial charge in [0.1, 0.15) is 5.82 Å². The van der Waals surface area contributed by atoms with Gasteiger partial charge in [0.2, 0.25) is 0 Å². The van der Waals surface area contributed by atoms with Crippen LogP contribution in [-0.4, -0.2) is 32.9 Å². The molecule has 0 aliphatic carbocycles. The Kier molecular flexibility index (Phi) is 4.46. The Labute approximate surface area is 154 Å². The zero-order valence-corrected chi connectivity index (χ0v) is 14.8. The highest BCUT2D eigenvalue weighted by Gasteiger charge is 2.37. The number of benzene rings is 1. The van der Waals surface area contributed by atoms with Crippen LogP contribution in [0.5, 0.6) is 0 Å². The second kappa shape index (κ2) is 6.78. The van der Waals surface area contributed by atoms with E-state index in [1.165, 1.54) is 0 Å². The van der Waals surface area contributed by atoms with Gasteiger partial charge in [0.05, 0.1) is 23.1 Å². The molecule has 0 spiro atoms. The quantitative estimate of drug-likeness (QED) is 0.765. The van der Waals surface area contributed by atoms with E-state index in [4.69, 9.17) is 11.6 Å². The fraction of sp³-hybridized carbons (Fsp3) is 0.316. The maximum absolute atomic E-state index is 15.2. The summed E-state index contributed by atoms with van der Waals surface area (Å²) in [6, 6.07) is 10.4. The molecule has 0 atom stereocenters. The minimum atomic E-state index is -1.39. The number of halogens is 2. The van der Waals surface area contributed by atoms with Gasteiger partial charge in [-0.15, -0.1) is 0 Å². The van der Waals surface area contributed by atoms with Crippen molar-refractivity contribution in [1.29, 1.82) is 0 Å². The van der Waals surface area contributed by atoms with Crippen LogP contribution in [0.15, 0.2) is 47.4 Å². The highest BCUT2D eigenvalue weighted by Crippen LogP contribution is 2.35. The average molecular weight is 373 g/mol. The minimum absolute atomic E-state index is 0.210. The zero-order valence-electron chi connectivity index (χ0n) is 14.1. The van der Waals surface area contributed by atoms with E-state index in [1.807, 2.05) is 6.07 Å². The first-order chi connectivity index (χ1) is 12.5. The lowest BCUT2D eigenvalue weighted by Crippen LogP contribution is -2.40. The van der Waals surface area contributed by atoms with E-state index in [0.29, 0.717) is 59.9 Å². The molecular weight excluding hydrogens is 355 g/mol. The summed E-state index contributed by atoms with van der Waals surface area (Å²) in [5.74, 6) is 0.578. The number of aromatic amines is 1. The Balaban J connectivity index is 1.49. The Morgan fingerprint density at radius 1 is 1.23 bits per heavy atom. The first kappa shape index (κ1) is 17.1. The van der Waals surface area contributed by atoms with Crippen LogP contribution in [0.4, 0.5) is 4.39 Å². The van der Waals surface area contributed by atoms with Gasteiger partial charge in [-0.3, -0.25) is 14.7 Å². The molecule has 7 heteroatoms. The molecule has 3 aromatic rings. The van der Waals surface area contributed by atoms with Crippen molar-refractivity contribution in [3.05, 3.63) is 69.5 Å². The molecule has 134 valence electrons. The van der Waals surface area contributed by atoms with Crippen LogP contribution in [0, 0.1) is 0 Å². The smallest absolute Gasteiger partial charge is 0.258 e. The lowest BCUT2D eigenvalue weighted by Gasteiger charge is -2.35. The summed E-state index contributed by atoms with van der Waals surface area (Å²) in [6.07, 6.45) is 2.37. The first-order valence-corrected chi connectivity index (χ1v) is 8.93. The predicted molar refractivity (Wildman–Crippen MR) is 98.9 cm³/mol. The van der Waals surface area contributed by atoms with E-state index in [9.17, 15) is 4.79 Å². The molecule has 4 rings (SSSR count). The van der Waals surface area contributed by atoms with Crippen molar-refractivity contribution in [1.82, 2.24) is 19.9 Å². The molecule has 1 saturated heterocycles. The summed E-state index contributed by atoms with van der Waals surface area (Å²) in [4.78, 5) is 25.8. The highest BCUT2D eigenvalue weighted by atomic mass is 35.5. The van der Waals surface area contributed by atoms with E-state index < -0.39 is 5.67 Å². The lowest BCUT2D eigenvalue weighted by atomic mass is 9.89. The number of rotatable bonds is 3. The summed E-state index contributed by atoms with van der Waals surface area (Å²) in [5.41, 5.74) is -0.497. The van der Waals surface area contributed by atoms with Crippen LogP contribution in [0.2, 0.25) is 5.02 Å². The third-order valence-electron chi connectivity index (χ3n) is 4.86. The van der Waals surface area contributed by atoms with Crippen molar-refractivity contribution in [2.75, 3.05) is 13.1 Å². The van der Waals surface area contributed by atoms with E-state index in [1.54, 1.807) is 36.5 Å². The van der Waals surface area contributed by atoms with Crippen LogP contribution < -0.4 is 5.56 Å². The molecule has 0 radical (unpaired) electrons. The second-order valence-electron chi connectivity index (χ2n) is 6.63. The number of pyridine rings is 1. The summed E-state index contributed by atoms with van der Waals surface area (Å²) in [7, 11) is 0. The fourth-order valence-electron chi connectivity index (χ4n) is 3.40. The number of nitrogens with zero attached hydrogens (tertiary/aromatic N) is 3. The number of hydrogen-bond donors (Lipinski definition) is 1. The van der Waals surface area contributed by atoms with Crippen LogP contribution in [0.3, 0.4) is 0 Å². The summed E-state index contributed by atoms with van der Waals surface area (Å²) in [5, 5.41) is 0.972. The maximum atomic E-state index is 15.2. The molecule has 5 nitrogen and oxygen atoms in total. The first-order valence-electron chi connectivity index (χ1n) is 8.55. The van der Waals surface area contributed by atoms with Gasteiger partial charge >= 0.3 is 0 Å². The molecule has 1 aromatic carbocycles. The number of hydrogen-bond acceptors (Lipinski definition) is 4. The van der Waals surface area contributed by atoms with E-state index >= 15 is 4.39 Å². The summed E-state index contributed by atoms with van der Waals surface area (Å²) >= 11 is 5.93. The molecule has 26 heavy (non-hydrogen) atoms. The van der Waals surface area contributed by atoms with Crippen molar-refractivity contribution in [2.45, 2.75) is 25.1 Å². The molecule has 2 aromatic heterocycles. The number of piperidine rings is 1. The third kappa shape index (κ3) is 3.34. The average Bonchev–Trinajstić information content (AvgIpc) is 2.65. The molecule has 1 aliphatic rings. The fourth-order valence-corrected chi connectivity index (χ4v) is 3.57. The van der Waals surface area contributed by atoms with Crippen LogP contribution >= 0.6 is 11.6 Å². The Bertz CT molecular complexity index is 984. The van der Waals surface area contributed by atoms with Gasteiger partial charge in [-0.25, -0.2) is 9.37 Å². The molecule has 1 aliphatic heterocycles. The van der Waals surface area contributed by atoms with Crippen LogP contribution in [-0.2, 0) is 12.2 Å². The van der Waals surface area contributed by atoms with Gasteiger partial charge in [0.25, 0.3) is 5.56 Å². The SMILES string of the molecule is O=c1[nH]c(CN2CCC(F)(c3ccccn3)CC2)nc2ccc(Cl)cc12. The van der Waals surface area contributed by atoms with Crippen molar-refractivity contribution in [3.8, 4) is 0 Å². The lowest BCUT2D eigenvalue weighted by molar-refractivity contribution is 0.0480. The van der Waals surface area contributed by atoms with Gasteiger partial charge in [-0.2, -0.15) is 0 Å². The maximum Gasteiger partial charge on any atom is 0.258 e. The van der Waals surface area contributed by atoms with Gasteiger partial charge in [0.15, 0.2) is 5.67 Å². The van der Waals surface area contributed by atoms with Crippen LogP contribution in [0.1, 0.15) is 24.4 Å². The number of H-pyrrole nitrogens is 1. The Morgan fingerprint density at radius 3 is 2.77 bits per heavy atom.